The zero-order chi connectivity index (χ0) is 16.9. The van der Waals surface area contributed by atoms with E-state index in [2.05, 4.69) is 20.6 Å². The highest BCUT2D eigenvalue weighted by Crippen LogP contribution is 2.05. The van der Waals surface area contributed by atoms with Crippen LogP contribution in [0.15, 0.2) is 64.8 Å². The van der Waals surface area contributed by atoms with Gasteiger partial charge in [-0.25, -0.2) is 10.1 Å². The molecule has 2 aromatic heterocycles. The molecular formula is C17H15N5O2. The number of hydrazone groups is 1. The lowest BCUT2D eigenvalue weighted by Crippen LogP contribution is -2.20. The normalized spacial score (nSPS) is 10.9. The van der Waals surface area contributed by atoms with Gasteiger partial charge in [0.05, 0.1) is 17.5 Å². The number of H-pyrrole nitrogens is 1. The van der Waals surface area contributed by atoms with Crippen LogP contribution in [0.1, 0.15) is 21.6 Å². The fourth-order valence-electron chi connectivity index (χ4n) is 2.19. The molecule has 1 aromatic carbocycles. The number of aromatic nitrogens is 3. The van der Waals surface area contributed by atoms with Crippen molar-refractivity contribution in [1.82, 2.24) is 20.2 Å². The maximum Gasteiger partial charge on any atom is 0.280 e. The number of aryl methyl sites for hydroxylation is 1. The lowest BCUT2D eigenvalue weighted by Gasteiger charge is -1.99. The number of carbonyl (C=O) groups excluding carboxylic acids is 1. The van der Waals surface area contributed by atoms with Crippen molar-refractivity contribution in [1.29, 1.82) is 0 Å². The minimum absolute atomic E-state index is 0.236. The number of hydrogen-bond acceptors (Lipinski definition) is 4. The van der Waals surface area contributed by atoms with Crippen LogP contribution in [0.5, 0.6) is 0 Å². The average Bonchev–Trinajstić information content (AvgIpc) is 2.91. The number of benzene rings is 1. The Hall–Kier alpha value is -3.48. The van der Waals surface area contributed by atoms with E-state index in [0.717, 1.165) is 5.69 Å². The summed E-state index contributed by atoms with van der Waals surface area (Å²) in [5, 5.41) is 6.86. The van der Waals surface area contributed by atoms with E-state index in [1.807, 2.05) is 30.3 Å². The Morgan fingerprint density at radius 1 is 1.21 bits per heavy atom. The van der Waals surface area contributed by atoms with Gasteiger partial charge in [0.1, 0.15) is 0 Å². The number of amides is 1. The third-order valence-corrected chi connectivity index (χ3v) is 3.43. The molecule has 0 saturated heterocycles. The molecule has 7 nitrogen and oxygen atoms in total. The lowest BCUT2D eigenvalue weighted by atomic mass is 10.2. The third-order valence-electron chi connectivity index (χ3n) is 3.43. The van der Waals surface area contributed by atoms with Gasteiger partial charge in [0.2, 0.25) is 0 Å². The van der Waals surface area contributed by atoms with Crippen molar-refractivity contribution in [3.05, 3.63) is 82.0 Å². The van der Waals surface area contributed by atoms with E-state index in [1.54, 1.807) is 19.1 Å². The maximum atomic E-state index is 12.5. The van der Waals surface area contributed by atoms with Crippen molar-refractivity contribution in [2.75, 3.05) is 0 Å². The molecule has 3 rings (SSSR count). The van der Waals surface area contributed by atoms with Crippen molar-refractivity contribution >= 4 is 12.1 Å². The van der Waals surface area contributed by atoms with Crippen LogP contribution in [0.4, 0.5) is 0 Å². The van der Waals surface area contributed by atoms with E-state index < -0.39 is 0 Å². The van der Waals surface area contributed by atoms with Crippen LogP contribution < -0.4 is 11.0 Å². The SMILES string of the molecule is Cc1[nH]n(-c2ccccc2)c(=O)c1C=NNC(=O)c1ccncc1. The first-order valence-corrected chi connectivity index (χ1v) is 7.27. The summed E-state index contributed by atoms with van der Waals surface area (Å²) in [7, 11) is 0. The van der Waals surface area contributed by atoms with Gasteiger partial charge in [0.15, 0.2) is 0 Å². The van der Waals surface area contributed by atoms with Gasteiger partial charge >= 0.3 is 0 Å². The lowest BCUT2D eigenvalue weighted by molar-refractivity contribution is 0.0955. The Morgan fingerprint density at radius 2 is 1.92 bits per heavy atom. The minimum atomic E-state index is -0.370. The third kappa shape index (κ3) is 3.14. The molecule has 0 radical (unpaired) electrons. The predicted octanol–water partition coefficient (Wildman–Crippen LogP) is 1.63. The molecule has 0 fully saturated rings. The monoisotopic (exact) mass is 321 g/mol. The van der Waals surface area contributed by atoms with Gasteiger partial charge in [-0.1, -0.05) is 18.2 Å². The molecule has 0 spiro atoms. The van der Waals surface area contributed by atoms with Crippen LogP contribution in [0.25, 0.3) is 5.69 Å². The average molecular weight is 321 g/mol. The number of aromatic amines is 1. The quantitative estimate of drug-likeness (QED) is 0.565. The fourth-order valence-corrected chi connectivity index (χ4v) is 2.19. The second kappa shape index (κ2) is 6.74. The molecule has 0 aliphatic rings. The highest BCUT2D eigenvalue weighted by atomic mass is 16.2. The smallest absolute Gasteiger partial charge is 0.280 e. The van der Waals surface area contributed by atoms with Crippen LogP contribution in [0.3, 0.4) is 0 Å². The van der Waals surface area contributed by atoms with Gasteiger partial charge in [-0.05, 0) is 31.2 Å². The summed E-state index contributed by atoms with van der Waals surface area (Å²) >= 11 is 0. The zero-order valence-electron chi connectivity index (χ0n) is 12.9. The van der Waals surface area contributed by atoms with Gasteiger partial charge in [-0.2, -0.15) is 5.10 Å². The largest absolute Gasteiger partial charge is 0.295 e. The number of nitrogens with zero attached hydrogens (tertiary/aromatic N) is 3. The van der Waals surface area contributed by atoms with Crippen LogP contribution in [0.2, 0.25) is 0 Å². The summed E-state index contributed by atoms with van der Waals surface area (Å²) in [5.41, 5.74) is 4.36. The summed E-state index contributed by atoms with van der Waals surface area (Å²) in [6.07, 6.45) is 4.38. The number of pyridine rings is 1. The summed E-state index contributed by atoms with van der Waals surface area (Å²) in [6, 6.07) is 12.4. The molecule has 0 aliphatic carbocycles. The topological polar surface area (TPSA) is 92.1 Å². The van der Waals surface area contributed by atoms with Gasteiger partial charge in [-0.3, -0.25) is 19.7 Å². The Kier molecular flexibility index (Phi) is 4.33. The van der Waals surface area contributed by atoms with E-state index in [1.165, 1.54) is 23.3 Å². The molecule has 0 bridgehead atoms. The molecule has 2 N–H and O–H groups in total. The minimum Gasteiger partial charge on any atom is -0.295 e. The molecule has 0 aliphatic heterocycles. The number of nitrogens with one attached hydrogen (secondary N) is 2. The van der Waals surface area contributed by atoms with Crippen molar-refractivity contribution in [2.24, 2.45) is 5.10 Å². The first-order valence-electron chi connectivity index (χ1n) is 7.27. The van der Waals surface area contributed by atoms with Crippen LogP contribution in [-0.2, 0) is 0 Å². The molecule has 2 heterocycles. The highest BCUT2D eigenvalue weighted by Gasteiger charge is 2.10. The van der Waals surface area contributed by atoms with E-state index >= 15 is 0 Å². The van der Waals surface area contributed by atoms with Crippen molar-refractivity contribution < 1.29 is 4.79 Å². The Labute approximate surface area is 137 Å². The number of para-hydroxylation sites is 1. The van der Waals surface area contributed by atoms with Gasteiger partial charge in [0, 0.05) is 23.7 Å². The summed E-state index contributed by atoms with van der Waals surface area (Å²) in [6.45, 7) is 1.77. The van der Waals surface area contributed by atoms with E-state index in [4.69, 9.17) is 0 Å². The van der Waals surface area contributed by atoms with Crippen LogP contribution in [-0.4, -0.2) is 26.9 Å². The van der Waals surface area contributed by atoms with Gasteiger partial charge in [-0.15, -0.1) is 0 Å². The Morgan fingerprint density at radius 3 is 2.62 bits per heavy atom. The summed E-state index contributed by atoms with van der Waals surface area (Å²) < 4.78 is 1.43. The first-order chi connectivity index (χ1) is 11.7. The maximum absolute atomic E-state index is 12.5. The molecule has 24 heavy (non-hydrogen) atoms. The second-order valence-electron chi connectivity index (χ2n) is 5.06. The molecule has 0 atom stereocenters. The van der Waals surface area contributed by atoms with Gasteiger partial charge < -0.3 is 0 Å². The summed E-state index contributed by atoms with van der Waals surface area (Å²) in [4.78, 5) is 28.2. The number of rotatable bonds is 4. The Bertz CT molecular complexity index is 927. The first kappa shape index (κ1) is 15.4. The molecule has 120 valence electrons. The van der Waals surface area contributed by atoms with E-state index in [-0.39, 0.29) is 11.5 Å². The second-order valence-corrected chi connectivity index (χ2v) is 5.06. The molecule has 0 saturated carbocycles. The number of hydrogen-bond donors (Lipinski definition) is 2. The number of carbonyl (C=O) groups is 1. The van der Waals surface area contributed by atoms with Crippen molar-refractivity contribution in [3.63, 3.8) is 0 Å². The van der Waals surface area contributed by atoms with Gasteiger partial charge in [0.25, 0.3) is 11.5 Å². The van der Waals surface area contributed by atoms with Crippen LogP contribution in [0, 0.1) is 6.92 Å². The highest BCUT2D eigenvalue weighted by molar-refractivity contribution is 5.94. The summed E-state index contributed by atoms with van der Waals surface area (Å²) in [5.74, 6) is -0.370. The van der Waals surface area contributed by atoms with Crippen molar-refractivity contribution in [2.45, 2.75) is 6.92 Å². The molecular weight excluding hydrogens is 306 g/mol. The van der Waals surface area contributed by atoms with Crippen LogP contribution >= 0.6 is 0 Å². The molecule has 1 amide bonds. The standard InChI is InChI=1S/C17H15N5O2/c1-12-15(11-19-20-16(23)13-7-9-18-10-8-13)17(24)22(21-12)14-5-3-2-4-6-14/h2-11,21H,1H3,(H,20,23). The Balaban J connectivity index is 1.80. The zero-order valence-corrected chi connectivity index (χ0v) is 12.9. The predicted molar refractivity (Wildman–Crippen MR) is 90.4 cm³/mol. The van der Waals surface area contributed by atoms with Crippen molar-refractivity contribution in [3.8, 4) is 5.69 Å². The molecule has 3 aromatic rings. The molecule has 0 unspecified atom stereocenters. The van der Waals surface area contributed by atoms with E-state index in [9.17, 15) is 9.59 Å². The fraction of sp³-hybridized carbons (Fsp3) is 0.0588. The van der Waals surface area contributed by atoms with E-state index in [0.29, 0.717) is 16.8 Å². The molecule has 7 heteroatoms.